The van der Waals surface area contributed by atoms with Gasteiger partial charge in [-0.3, -0.25) is 4.79 Å². The Labute approximate surface area is 137 Å². The van der Waals surface area contributed by atoms with E-state index in [2.05, 4.69) is 5.32 Å². The number of amides is 1. The van der Waals surface area contributed by atoms with E-state index in [0.29, 0.717) is 31.1 Å². The highest BCUT2D eigenvalue weighted by atomic mass is 16.5. The lowest BCUT2D eigenvalue weighted by atomic mass is 10.1. The van der Waals surface area contributed by atoms with Gasteiger partial charge in [0.1, 0.15) is 6.61 Å². The number of methoxy groups -OCH3 is 1. The van der Waals surface area contributed by atoms with E-state index in [0.717, 1.165) is 16.7 Å². The predicted molar refractivity (Wildman–Crippen MR) is 91.1 cm³/mol. The summed E-state index contributed by atoms with van der Waals surface area (Å²) >= 11 is 0. The summed E-state index contributed by atoms with van der Waals surface area (Å²) in [5, 5.41) is 2.87. The van der Waals surface area contributed by atoms with E-state index in [-0.39, 0.29) is 5.91 Å². The predicted octanol–water partition coefficient (Wildman–Crippen LogP) is 3.05. The Hall–Kier alpha value is -2.49. The van der Waals surface area contributed by atoms with Crippen molar-refractivity contribution in [3.05, 3.63) is 59.2 Å². The largest absolute Gasteiger partial charge is 0.493 e. The molecule has 2 aromatic rings. The maximum atomic E-state index is 12.0. The van der Waals surface area contributed by atoms with E-state index in [1.165, 1.54) is 0 Å². The zero-order chi connectivity index (χ0) is 16.7. The molecule has 0 atom stereocenters. The number of hydrogen-bond acceptors (Lipinski definition) is 3. The van der Waals surface area contributed by atoms with Crippen molar-refractivity contribution in [3.63, 3.8) is 0 Å². The van der Waals surface area contributed by atoms with Crippen molar-refractivity contribution in [2.75, 3.05) is 20.3 Å². The topological polar surface area (TPSA) is 47.6 Å². The smallest absolute Gasteiger partial charge is 0.224 e. The molecule has 1 amide bonds. The molecule has 23 heavy (non-hydrogen) atoms. The molecule has 0 aliphatic rings. The summed E-state index contributed by atoms with van der Waals surface area (Å²) in [6.45, 7) is 4.87. The zero-order valence-electron chi connectivity index (χ0n) is 13.9. The van der Waals surface area contributed by atoms with Crippen molar-refractivity contribution < 1.29 is 14.3 Å². The highest BCUT2D eigenvalue weighted by molar-refractivity contribution is 5.78. The minimum absolute atomic E-state index is 0.00114. The van der Waals surface area contributed by atoms with Crippen molar-refractivity contribution >= 4 is 5.91 Å². The van der Waals surface area contributed by atoms with E-state index < -0.39 is 0 Å². The summed E-state index contributed by atoms with van der Waals surface area (Å²) in [5.41, 5.74) is 3.29. The molecular formula is C19H23NO3. The highest BCUT2D eigenvalue weighted by Crippen LogP contribution is 2.27. The number of hydrogen-bond donors (Lipinski definition) is 1. The van der Waals surface area contributed by atoms with Crippen molar-refractivity contribution in [1.29, 1.82) is 0 Å². The van der Waals surface area contributed by atoms with Gasteiger partial charge in [0.25, 0.3) is 0 Å². The molecule has 0 aromatic heterocycles. The summed E-state index contributed by atoms with van der Waals surface area (Å²) in [6, 6.07) is 13.7. The van der Waals surface area contributed by atoms with Gasteiger partial charge in [-0.25, -0.2) is 0 Å². The standard InChI is InChI=1S/C19H23NO3/c1-14-8-9-17(18(12-14)22-3)23-11-10-20-19(21)13-16-7-5-4-6-15(16)2/h4-9,12H,10-11,13H2,1-3H3,(H,20,21). The van der Waals surface area contributed by atoms with E-state index in [1.54, 1.807) is 7.11 Å². The fourth-order valence-electron chi connectivity index (χ4n) is 2.29. The molecule has 2 aromatic carbocycles. The number of rotatable bonds is 7. The molecule has 0 unspecified atom stereocenters. The maximum Gasteiger partial charge on any atom is 0.224 e. The van der Waals surface area contributed by atoms with Crippen LogP contribution in [0.25, 0.3) is 0 Å². The molecule has 0 heterocycles. The van der Waals surface area contributed by atoms with Gasteiger partial charge in [0.05, 0.1) is 20.1 Å². The van der Waals surface area contributed by atoms with Gasteiger partial charge < -0.3 is 14.8 Å². The van der Waals surface area contributed by atoms with Crippen LogP contribution in [-0.2, 0) is 11.2 Å². The molecule has 0 saturated heterocycles. The lowest BCUT2D eigenvalue weighted by Crippen LogP contribution is -2.29. The first kappa shape index (κ1) is 16.9. The number of aryl methyl sites for hydroxylation is 2. The Bertz CT molecular complexity index is 667. The first-order valence-electron chi connectivity index (χ1n) is 7.69. The van der Waals surface area contributed by atoms with Crippen LogP contribution < -0.4 is 14.8 Å². The van der Waals surface area contributed by atoms with Gasteiger partial charge in [-0.05, 0) is 42.7 Å². The Morgan fingerprint density at radius 1 is 1.09 bits per heavy atom. The van der Waals surface area contributed by atoms with E-state index in [1.807, 2.05) is 56.3 Å². The van der Waals surface area contributed by atoms with Crippen LogP contribution in [0.15, 0.2) is 42.5 Å². The molecule has 0 aliphatic heterocycles. The van der Waals surface area contributed by atoms with Gasteiger partial charge in [0.2, 0.25) is 5.91 Å². The lowest BCUT2D eigenvalue weighted by Gasteiger charge is -2.12. The summed E-state index contributed by atoms with van der Waals surface area (Å²) in [7, 11) is 1.62. The number of nitrogens with one attached hydrogen (secondary N) is 1. The maximum absolute atomic E-state index is 12.0. The van der Waals surface area contributed by atoms with Crippen molar-refractivity contribution in [1.82, 2.24) is 5.32 Å². The molecule has 122 valence electrons. The third kappa shape index (κ3) is 5.02. The zero-order valence-corrected chi connectivity index (χ0v) is 13.9. The van der Waals surface area contributed by atoms with Crippen LogP contribution in [-0.4, -0.2) is 26.2 Å². The molecule has 0 bridgehead atoms. The van der Waals surface area contributed by atoms with Crippen LogP contribution in [0.4, 0.5) is 0 Å². The normalized spacial score (nSPS) is 10.2. The van der Waals surface area contributed by atoms with Crippen LogP contribution in [0.1, 0.15) is 16.7 Å². The number of ether oxygens (including phenoxy) is 2. The molecule has 2 rings (SSSR count). The molecule has 0 spiro atoms. The second-order valence-electron chi connectivity index (χ2n) is 5.46. The van der Waals surface area contributed by atoms with Crippen LogP contribution in [0.3, 0.4) is 0 Å². The quantitative estimate of drug-likeness (QED) is 0.799. The molecule has 0 fully saturated rings. The first-order chi connectivity index (χ1) is 11.1. The van der Waals surface area contributed by atoms with Crippen LogP contribution >= 0.6 is 0 Å². The summed E-state index contributed by atoms with van der Waals surface area (Å²) in [5.74, 6) is 1.39. The monoisotopic (exact) mass is 313 g/mol. The summed E-state index contributed by atoms with van der Waals surface area (Å²) in [6.07, 6.45) is 0.389. The fourth-order valence-corrected chi connectivity index (χ4v) is 2.29. The number of benzene rings is 2. The molecule has 0 aliphatic carbocycles. The third-order valence-electron chi connectivity index (χ3n) is 3.61. The van der Waals surface area contributed by atoms with E-state index in [4.69, 9.17) is 9.47 Å². The Morgan fingerprint density at radius 2 is 1.87 bits per heavy atom. The van der Waals surface area contributed by atoms with E-state index in [9.17, 15) is 4.79 Å². The Morgan fingerprint density at radius 3 is 2.61 bits per heavy atom. The highest BCUT2D eigenvalue weighted by Gasteiger charge is 2.06. The Balaban J connectivity index is 1.77. The van der Waals surface area contributed by atoms with E-state index >= 15 is 0 Å². The van der Waals surface area contributed by atoms with Gasteiger partial charge >= 0.3 is 0 Å². The Kier molecular flexibility index (Phi) is 6.03. The van der Waals surface area contributed by atoms with Gasteiger partial charge in [0, 0.05) is 0 Å². The van der Waals surface area contributed by atoms with Crippen molar-refractivity contribution in [2.24, 2.45) is 0 Å². The van der Waals surface area contributed by atoms with Crippen molar-refractivity contribution in [2.45, 2.75) is 20.3 Å². The summed E-state index contributed by atoms with van der Waals surface area (Å²) < 4.78 is 11.0. The molecule has 1 N–H and O–H groups in total. The van der Waals surface area contributed by atoms with Gasteiger partial charge in [0.15, 0.2) is 11.5 Å². The second-order valence-corrected chi connectivity index (χ2v) is 5.46. The van der Waals surface area contributed by atoms with Crippen LogP contribution in [0, 0.1) is 13.8 Å². The van der Waals surface area contributed by atoms with Crippen molar-refractivity contribution in [3.8, 4) is 11.5 Å². The minimum atomic E-state index is -0.00114. The molecule has 4 heteroatoms. The second kappa shape index (κ2) is 8.22. The summed E-state index contributed by atoms with van der Waals surface area (Å²) in [4.78, 5) is 12.0. The minimum Gasteiger partial charge on any atom is -0.493 e. The molecule has 4 nitrogen and oxygen atoms in total. The van der Waals surface area contributed by atoms with Gasteiger partial charge in [-0.1, -0.05) is 30.3 Å². The number of carbonyl (C=O) groups excluding carboxylic acids is 1. The number of carbonyl (C=O) groups is 1. The third-order valence-corrected chi connectivity index (χ3v) is 3.61. The molecule has 0 saturated carbocycles. The average molecular weight is 313 g/mol. The SMILES string of the molecule is COc1cc(C)ccc1OCCNC(=O)Cc1ccccc1C. The van der Waals surface area contributed by atoms with Gasteiger partial charge in [-0.2, -0.15) is 0 Å². The molecular weight excluding hydrogens is 290 g/mol. The fraction of sp³-hybridized carbons (Fsp3) is 0.316. The van der Waals surface area contributed by atoms with Gasteiger partial charge in [-0.15, -0.1) is 0 Å². The average Bonchev–Trinajstić information content (AvgIpc) is 2.54. The lowest BCUT2D eigenvalue weighted by molar-refractivity contribution is -0.120. The first-order valence-corrected chi connectivity index (χ1v) is 7.69. The van der Waals surface area contributed by atoms with Crippen LogP contribution in [0.2, 0.25) is 0 Å². The van der Waals surface area contributed by atoms with Crippen LogP contribution in [0.5, 0.6) is 11.5 Å². The molecule has 0 radical (unpaired) electrons.